The minimum Gasteiger partial charge on any atom is -0.379 e. The van der Waals surface area contributed by atoms with Gasteiger partial charge in [0, 0.05) is 13.2 Å². The molecule has 2 atom stereocenters. The molecule has 0 spiro atoms. The zero-order valence-corrected chi connectivity index (χ0v) is 34.0. The minimum absolute atomic E-state index is 0.0193. The third kappa shape index (κ3) is 40.5. The molecule has 0 radical (unpaired) electrons. The molecule has 0 aromatic heterocycles. The Balaban J connectivity index is 4.07. The first kappa shape index (κ1) is 48.9. The van der Waals surface area contributed by atoms with Gasteiger partial charge in [-0.25, -0.2) is 4.57 Å². The van der Waals surface area contributed by atoms with Crippen LogP contribution in [0.3, 0.4) is 0 Å². The molecule has 0 saturated heterocycles. The molecule has 0 aliphatic rings. The molecule has 1 N–H and O–H groups in total. The molecule has 0 rings (SSSR count). The number of phosphoric acid groups is 1. The number of nitrogens with zero attached hydrogens (tertiary/aromatic N) is 1. The highest BCUT2D eigenvalue weighted by Gasteiger charge is 2.25. The van der Waals surface area contributed by atoms with Gasteiger partial charge in [0.2, 0.25) is 0 Å². The van der Waals surface area contributed by atoms with E-state index in [0.29, 0.717) is 30.8 Å². The Morgan fingerprint density at radius 2 is 0.918 bits per heavy atom. The highest BCUT2D eigenvalue weighted by atomic mass is 31.2. The van der Waals surface area contributed by atoms with Gasteiger partial charge >= 0.3 is 7.82 Å². The molecule has 0 aliphatic heterocycles. The van der Waals surface area contributed by atoms with Gasteiger partial charge in [0.1, 0.15) is 19.3 Å². The van der Waals surface area contributed by atoms with Crippen LogP contribution in [0.1, 0.15) is 187 Å². The van der Waals surface area contributed by atoms with E-state index < -0.39 is 13.9 Å². The van der Waals surface area contributed by atoms with Crippen molar-refractivity contribution in [1.82, 2.24) is 0 Å². The molecule has 0 saturated carbocycles. The van der Waals surface area contributed by atoms with E-state index >= 15 is 0 Å². The van der Waals surface area contributed by atoms with Gasteiger partial charge in [-0.15, -0.1) is 0 Å². The molecule has 0 aromatic rings. The fourth-order valence-electron chi connectivity index (χ4n) is 5.97. The van der Waals surface area contributed by atoms with E-state index in [4.69, 9.17) is 18.5 Å². The molecule has 0 aliphatic carbocycles. The van der Waals surface area contributed by atoms with Gasteiger partial charge in [-0.05, 0) is 19.3 Å². The maximum absolute atomic E-state index is 12.4. The Morgan fingerprint density at radius 3 is 1.33 bits per heavy atom. The van der Waals surface area contributed by atoms with Crippen LogP contribution in [-0.4, -0.2) is 82.9 Å². The van der Waals surface area contributed by atoms with E-state index in [1.807, 2.05) is 21.1 Å². The second-order valence-electron chi connectivity index (χ2n) is 15.4. The Bertz CT molecular complexity index is 675. The number of hydrogen-bond acceptors (Lipinski definition) is 5. The van der Waals surface area contributed by atoms with E-state index in [2.05, 4.69) is 6.92 Å². The zero-order chi connectivity index (χ0) is 36.2. The van der Waals surface area contributed by atoms with Crippen molar-refractivity contribution in [2.45, 2.75) is 193 Å². The quantitative estimate of drug-likeness (QED) is 0.0384. The second kappa shape index (κ2) is 36.3. The van der Waals surface area contributed by atoms with Crippen LogP contribution in [0.15, 0.2) is 0 Å². The number of alkyl halides is 1. The van der Waals surface area contributed by atoms with E-state index in [-0.39, 0.29) is 19.9 Å². The molecule has 1 unspecified atom stereocenters. The van der Waals surface area contributed by atoms with Crippen molar-refractivity contribution in [3.05, 3.63) is 0 Å². The Hall–Kier alpha value is -0.0800. The van der Waals surface area contributed by atoms with Crippen LogP contribution in [0.25, 0.3) is 0 Å². The number of unbranched alkanes of at least 4 members (excludes halogenated alkanes) is 26. The average Bonchev–Trinajstić information content (AvgIpc) is 3.05. The summed E-state index contributed by atoms with van der Waals surface area (Å²) in [5.74, 6) is 0. The maximum atomic E-state index is 12.4. The number of phosphoric ester groups is 1. The normalized spacial score (nSPS) is 14.0. The summed E-state index contributed by atoms with van der Waals surface area (Å²) in [6, 6.07) is 0. The predicted octanol–water partition coefficient (Wildman–Crippen LogP) is 12.1. The molecule has 9 heteroatoms. The predicted molar refractivity (Wildman–Crippen MR) is 206 cm³/mol. The SMILES string of the molecule is CCCCCCCCCCCCCCCCOC[C@H](COP(=O)(O)OCC[N+](C)(C)C)OCCCCCCCCCCCCCCCCF. The van der Waals surface area contributed by atoms with Gasteiger partial charge in [0.15, 0.2) is 0 Å². The number of hydrogen-bond donors (Lipinski definition) is 1. The Labute approximate surface area is 304 Å². The van der Waals surface area contributed by atoms with Crippen LogP contribution >= 0.6 is 7.82 Å². The molecule has 0 heterocycles. The van der Waals surface area contributed by atoms with Gasteiger partial charge in [-0.2, -0.15) is 0 Å². The second-order valence-corrected chi connectivity index (χ2v) is 16.9. The van der Waals surface area contributed by atoms with Crippen molar-refractivity contribution in [3.63, 3.8) is 0 Å². The third-order valence-electron chi connectivity index (χ3n) is 9.27. The van der Waals surface area contributed by atoms with Gasteiger partial charge in [-0.1, -0.05) is 167 Å². The lowest BCUT2D eigenvalue weighted by Gasteiger charge is -2.24. The number of rotatable bonds is 41. The fourth-order valence-corrected chi connectivity index (χ4v) is 6.71. The Kier molecular flexibility index (Phi) is 36.2. The van der Waals surface area contributed by atoms with Crippen LogP contribution < -0.4 is 0 Å². The first-order chi connectivity index (χ1) is 23.7. The van der Waals surface area contributed by atoms with Crippen LogP contribution in [0, 0.1) is 0 Å². The van der Waals surface area contributed by atoms with Gasteiger partial charge in [0.25, 0.3) is 0 Å². The number of likely N-dealkylation sites (N-methyl/N-ethyl adjacent to an activating group) is 1. The molecular weight excluding hydrogens is 640 g/mol. The first-order valence-electron chi connectivity index (χ1n) is 20.9. The first-order valence-corrected chi connectivity index (χ1v) is 22.4. The van der Waals surface area contributed by atoms with Crippen molar-refractivity contribution in [2.75, 3.05) is 67.4 Å². The highest BCUT2D eigenvalue weighted by molar-refractivity contribution is 7.47. The minimum atomic E-state index is -4.14. The van der Waals surface area contributed by atoms with E-state index in [9.17, 15) is 13.8 Å². The third-order valence-corrected chi connectivity index (χ3v) is 10.3. The maximum Gasteiger partial charge on any atom is 0.472 e. The van der Waals surface area contributed by atoms with Crippen LogP contribution in [-0.2, 0) is 23.1 Å². The lowest BCUT2D eigenvalue weighted by Crippen LogP contribution is -2.37. The molecule has 0 amide bonds. The zero-order valence-electron chi connectivity index (χ0n) is 33.1. The van der Waals surface area contributed by atoms with Crippen molar-refractivity contribution in [2.24, 2.45) is 0 Å². The summed E-state index contributed by atoms with van der Waals surface area (Å²) >= 11 is 0. The molecule has 0 aromatic carbocycles. The number of ether oxygens (including phenoxy) is 2. The topological polar surface area (TPSA) is 74.2 Å². The summed E-state index contributed by atoms with van der Waals surface area (Å²) in [6.07, 6.45) is 34.8. The number of quaternary nitrogens is 1. The van der Waals surface area contributed by atoms with Crippen molar-refractivity contribution in [3.8, 4) is 0 Å². The van der Waals surface area contributed by atoms with Crippen molar-refractivity contribution >= 4 is 7.82 Å². The largest absolute Gasteiger partial charge is 0.472 e. The fraction of sp³-hybridized carbons (Fsp3) is 1.00. The molecule has 0 fully saturated rings. The molecule has 49 heavy (non-hydrogen) atoms. The van der Waals surface area contributed by atoms with E-state index in [1.54, 1.807) is 0 Å². The smallest absolute Gasteiger partial charge is 0.379 e. The summed E-state index contributed by atoms with van der Waals surface area (Å²) in [6.45, 7) is 4.48. The van der Waals surface area contributed by atoms with Gasteiger partial charge < -0.3 is 18.9 Å². The summed E-state index contributed by atoms with van der Waals surface area (Å²) in [4.78, 5) is 10.2. The van der Waals surface area contributed by atoms with Crippen LogP contribution in [0.5, 0.6) is 0 Å². The average molecular weight is 725 g/mol. The summed E-state index contributed by atoms with van der Waals surface area (Å²) in [5.41, 5.74) is 0. The van der Waals surface area contributed by atoms with Crippen LogP contribution in [0.2, 0.25) is 0 Å². The monoisotopic (exact) mass is 725 g/mol. The standard InChI is InChI=1S/C40H83FNO6P/c1-5-6-7-8-9-10-11-12-16-19-22-25-28-31-35-45-38-40(39-48-49(43,44)47-37-34-42(2,3)4)46-36-32-29-26-23-20-17-14-13-15-18-21-24-27-30-33-41/h40H,5-39H2,1-4H3/p+1/t40-/m1/s1. The molecule has 0 bridgehead atoms. The number of halogens is 1. The molecule has 296 valence electrons. The van der Waals surface area contributed by atoms with Gasteiger partial charge in [0.05, 0.1) is 41.0 Å². The lowest BCUT2D eigenvalue weighted by molar-refractivity contribution is -0.870. The summed E-state index contributed by atoms with van der Waals surface area (Å²) < 4.78 is 47.7. The molecular formula is C40H84FNO6P+. The lowest BCUT2D eigenvalue weighted by atomic mass is 10.0. The van der Waals surface area contributed by atoms with Crippen molar-refractivity contribution < 1.29 is 36.9 Å². The summed E-state index contributed by atoms with van der Waals surface area (Å²) in [7, 11) is 1.89. The molecule has 7 nitrogen and oxygen atoms in total. The Morgan fingerprint density at radius 1 is 0.531 bits per heavy atom. The van der Waals surface area contributed by atoms with E-state index in [1.165, 1.54) is 148 Å². The van der Waals surface area contributed by atoms with Crippen molar-refractivity contribution in [1.29, 1.82) is 0 Å². The van der Waals surface area contributed by atoms with Crippen LogP contribution in [0.4, 0.5) is 4.39 Å². The van der Waals surface area contributed by atoms with E-state index in [0.717, 1.165) is 32.1 Å². The highest BCUT2D eigenvalue weighted by Crippen LogP contribution is 2.43. The van der Waals surface area contributed by atoms with Gasteiger partial charge in [-0.3, -0.25) is 13.4 Å². The summed E-state index contributed by atoms with van der Waals surface area (Å²) in [5, 5.41) is 0.